The molecule has 2 aromatic carbocycles. The third-order valence-corrected chi connectivity index (χ3v) is 5.01. The Morgan fingerprint density at radius 1 is 0.960 bits per heavy atom. The van der Waals surface area contributed by atoms with Gasteiger partial charge in [0, 0.05) is 5.52 Å². The molecule has 0 aromatic heterocycles. The van der Waals surface area contributed by atoms with E-state index >= 15 is 0 Å². The van der Waals surface area contributed by atoms with Crippen LogP contribution in [0.25, 0.3) is 0 Å². The van der Waals surface area contributed by atoms with Gasteiger partial charge in [0.15, 0.2) is 0 Å². The summed E-state index contributed by atoms with van der Waals surface area (Å²) in [5.74, 6) is 0.880. The fraction of sp³-hybridized carbons (Fsp3) is 0.381. The van der Waals surface area contributed by atoms with Gasteiger partial charge in [-0.25, -0.2) is 0 Å². The van der Waals surface area contributed by atoms with E-state index in [9.17, 15) is 4.79 Å². The number of hydrogen-bond acceptors (Lipinski definition) is 2. The number of carbonyl (C=O) groups excluding carboxylic acids is 1. The Morgan fingerprint density at radius 2 is 1.60 bits per heavy atom. The van der Waals surface area contributed by atoms with E-state index in [2.05, 4.69) is 6.92 Å². The smallest absolute Gasteiger partial charge is 0.494 e. The fourth-order valence-electron chi connectivity index (χ4n) is 2.66. The van der Waals surface area contributed by atoms with Crippen LogP contribution >= 0.6 is 8.58 Å². The Balaban J connectivity index is 0.00000312. The number of benzene rings is 2. The molecule has 4 heteroatoms. The summed E-state index contributed by atoms with van der Waals surface area (Å²) >= 11 is 0. The second kappa shape index (κ2) is 11.5. The first-order valence-electron chi connectivity index (χ1n) is 8.67. The van der Waals surface area contributed by atoms with Crippen LogP contribution < -0.4 is 28.9 Å². The van der Waals surface area contributed by atoms with Crippen molar-refractivity contribution < 1.29 is 28.4 Å². The maximum absolute atomic E-state index is 12.6. The van der Waals surface area contributed by atoms with Crippen LogP contribution in [0.5, 0.6) is 5.75 Å². The van der Waals surface area contributed by atoms with Gasteiger partial charge in [-0.15, -0.1) is 0 Å². The van der Waals surface area contributed by atoms with Crippen molar-refractivity contribution in [2.75, 3.05) is 6.61 Å². The third-order valence-electron chi connectivity index (χ3n) is 4.03. The first kappa shape index (κ1) is 22.0. The minimum Gasteiger partial charge on any atom is -0.494 e. The molecule has 25 heavy (non-hydrogen) atoms. The van der Waals surface area contributed by atoms with Crippen LogP contribution in [0.1, 0.15) is 54.1 Å². The van der Waals surface area contributed by atoms with Crippen molar-refractivity contribution in [3.05, 3.63) is 59.2 Å². The van der Waals surface area contributed by atoms with Crippen LogP contribution in [0.2, 0.25) is 0 Å². The molecule has 0 atom stereocenters. The summed E-state index contributed by atoms with van der Waals surface area (Å²) in [5.41, 5.74) is 3.08. The van der Waals surface area contributed by atoms with Gasteiger partial charge in [0.05, 0.1) is 6.61 Å². The second-order valence-electron chi connectivity index (χ2n) is 6.09. The summed E-state index contributed by atoms with van der Waals surface area (Å²) < 4.78 is 5.75. The molecule has 2 aromatic rings. The van der Waals surface area contributed by atoms with Gasteiger partial charge in [-0.2, -0.15) is 5.30 Å². The Kier molecular flexibility index (Phi) is 10.1. The molecule has 0 bridgehead atoms. The van der Waals surface area contributed by atoms with Gasteiger partial charge in [0.1, 0.15) is 5.75 Å². The van der Waals surface area contributed by atoms with E-state index in [1.54, 1.807) is 0 Å². The summed E-state index contributed by atoms with van der Waals surface area (Å²) in [6, 6.07) is 13.9. The van der Waals surface area contributed by atoms with Gasteiger partial charge in [0.25, 0.3) is 0 Å². The zero-order valence-corrected chi connectivity index (χ0v) is 16.7. The van der Waals surface area contributed by atoms with Crippen molar-refractivity contribution in [3.63, 3.8) is 0 Å². The molecule has 0 saturated carbocycles. The third kappa shape index (κ3) is 6.99. The molecule has 2 rings (SSSR count). The van der Waals surface area contributed by atoms with Crippen molar-refractivity contribution in [2.45, 2.75) is 46.5 Å². The van der Waals surface area contributed by atoms with Crippen molar-refractivity contribution in [1.82, 2.24) is 0 Å². The molecule has 0 unspecified atom stereocenters. The van der Waals surface area contributed by atoms with E-state index in [1.807, 2.05) is 56.3 Å². The summed E-state index contributed by atoms with van der Waals surface area (Å²) in [4.78, 5) is 12.6. The number of rotatable bonds is 9. The predicted octanol–water partition coefficient (Wildman–Crippen LogP) is 2.68. The average molecular weight is 348 g/mol. The normalized spacial score (nSPS) is 10.7. The Hall–Kier alpha value is -1.06. The van der Waals surface area contributed by atoms with Crippen LogP contribution in [0, 0.1) is 13.8 Å². The van der Waals surface area contributed by atoms with Crippen LogP contribution in [0.4, 0.5) is 0 Å². The van der Waals surface area contributed by atoms with Crippen LogP contribution in [0.15, 0.2) is 42.5 Å². The molecule has 0 N–H and O–H groups in total. The summed E-state index contributed by atoms with van der Waals surface area (Å²) in [6.07, 6.45) is 4.82. The van der Waals surface area contributed by atoms with Crippen LogP contribution in [-0.4, -0.2) is 12.1 Å². The Labute approximate surface area is 165 Å². The number of ether oxygens (including phenoxy) is 1. The molecule has 0 amide bonds. The summed E-state index contributed by atoms with van der Waals surface area (Å²) in [7, 11) is 0.713. The molecule has 0 radical (unpaired) electrons. The number of hydrogen-bond donors (Lipinski definition) is 0. The molecular formula is C21H26LiO2P. The van der Waals surface area contributed by atoms with Crippen LogP contribution in [-0.2, 0) is 0 Å². The maximum Gasteiger partial charge on any atom is 1.00 e. The summed E-state index contributed by atoms with van der Waals surface area (Å²) in [6.45, 7) is 6.95. The van der Waals surface area contributed by atoms with Crippen molar-refractivity contribution in [1.29, 1.82) is 0 Å². The molecule has 0 heterocycles. The van der Waals surface area contributed by atoms with Gasteiger partial charge >= 0.3 is 18.9 Å². The van der Waals surface area contributed by atoms with Gasteiger partial charge in [-0.3, -0.25) is 0 Å². The molecule has 128 valence electrons. The van der Waals surface area contributed by atoms with E-state index in [1.165, 1.54) is 19.3 Å². The molecule has 0 aliphatic carbocycles. The quantitative estimate of drug-likeness (QED) is 0.396. The van der Waals surface area contributed by atoms with Gasteiger partial charge in [-0.1, -0.05) is 56.5 Å². The molecular weight excluding hydrogens is 322 g/mol. The topological polar surface area (TPSA) is 26.3 Å². The average Bonchev–Trinajstić information content (AvgIpc) is 2.56. The minimum atomic E-state index is 0. The van der Waals surface area contributed by atoms with Crippen molar-refractivity contribution in [2.24, 2.45) is 0 Å². The number of carbonyl (C=O) groups is 1. The van der Waals surface area contributed by atoms with Gasteiger partial charge in [-0.05, 0) is 49.1 Å². The molecule has 0 saturated heterocycles. The number of unbranched alkanes of at least 4 members (excludes halogenated alkanes) is 3. The second-order valence-corrected chi connectivity index (χ2v) is 7.23. The van der Waals surface area contributed by atoms with Crippen LogP contribution in [0.3, 0.4) is 0 Å². The fourth-order valence-corrected chi connectivity index (χ4v) is 3.66. The van der Waals surface area contributed by atoms with E-state index in [-0.39, 0.29) is 24.4 Å². The Bertz CT molecular complexity index is 648. The first-order chi connectivity index (χ1) is 11.6. The zero-order valence-electron chi connectivity index (χ0n) is 15.8. The largest absolute Gasteiger partial charge is 1.00 e. The SMILES string of the molecule is CCCCCCOc1ccc([P-]C(=O)c2c(C)cccc2C)cc1.[Li+]. The van der Waals surface area contributed by atoms with Gasteiger partial charge < -0.3 is 18.1 Å². The van der Waals surface area contributed by atoms with E-state index in [0.717, 1.165) is 40.8 Å². The van der Waals surface area contributed by atoms with E-state index < -0.39 is 0 Å². The predicted molar refractivity (Wildman–Crippen MR) is 103 cm³/mol. The van der Waals surface area contributed by atoms with Crippen molar-refractivity contribution in [3.8, 4) is 5.75 Å². The van der Waals surface area contributed by atoms with E-state index in [4.69, 9.17) is 4.74 Å². The monoisotopic (exact) mass is 348 g/mol. The summed E-state index contributed by atoms with van der Waals surface area (Å²) in [5, 5.41) is 1.00. The number of aryl methyl sites for hydroxylation is 2. The maximum atomic E-state index is 12.6. The minimum absolute atomic E-state index is 0. The van der Waals surface area contributed by atoms with Gasteiger partial charge in [0.2, 0.25) is 0 Å². The van der Waals surface area contributed by atoms with E-state index in [0.29, 0.717) is 8.58 Å². The first-order valence-corrected chi connectivity index (χ1v) is 9.56. The zero-order chi connectivity index (χ0) is 17.4. The Morgan fingerprint density at radius 3 is 2.20 bits per heavy atom. The standard InChI is InChI=1S/C21H26O2P.Li/c1-4-5-6-7-15-23-18-11-13-19(14-12-18)24-21(22)20-16(2)9-8-10-17(20)3;/h8-14H,4-7,15H2,1-3H3;/q-1;+1. The van der Waals surface area contributed by atoms with Crippen molar-refractivity contribution >= 4 is 19.4 Å². The molecule has 0 aliphatic rings. The molecule has 0 spiro atoms. The molecule has 2 nitrogen and oxygen atoms in total. The molecule has 0 fully saturated rings. The molecule has 0 aliphatic heterocycles.